The molecule has 10 aromatic rings. The van der Waals surface area contributed by atoms with Crippen LogP contribution in [-0.4, -0.2) is 0 Å². The van der Waals surface area contributed by atoms with Crippen LogP contribution in [0, 0.1) is 13.8 Å². The highest BCUT2D eigenvalue weighted by atomic mass is 15.2. The van der Waals surface area contributed by atoms with Crippen molar-refractivity contribution in [2.75, 3.05) is 9.80 Å². The zero-order valence-electron chi connectivity index (χ0n) is 38.2. The van der Waals surface area contributed by atoms with Gasteiger partial charge in [0.25, 0.3) is 0 Å². The number of aryl methyl sites for hydroxylation is 2. The van der Waals surface area contributed by atoms with E-state index in [1.807, 2.05) is 0 Å². The third-order valence-corrected chi connectivity index (χ3v) is 15.1. The van der Waals surface area contributed by atoms with E-state index in [-0.39, 0.29) is 0 Å². The molecule has 322 valence electrons. The molecule has 2 saturated carbocycles. The Labute approximate surface area is 390 Å². The fraction of sp³-hybridized carbons (Fsp3) is 0.188. The predicted molar refractivity (Wildman–Crippen MR) is 282 cm³/mol. The van der Waals surface area contributed by atoms with Crippen molar-refractivity contribution in [1.82, 2.24) is 0 Å². The molecule has 0 aromatic heterocycles. The second-order valence-electron chi connectivity index (χ2n) is 19.1. The van der Waals surface area contributed by atoms with Gasteiger partial charge in [-0.2, -0.15) is 0 Å². The van der Waals surface area contributed by atoms with Crippen LogP contribution < -0.4 is 9.80 Å². The van der Waals surface area contributed by atoms with Crippen molar-refractivity contribution < 1.29 is 0 Å². The van der Waals surface area contributed by atoms with E-state index in [0.29, 0.717) is 11.8 Å². The lowest BCUT2D eigenvalue weighted by molar-refractivity contribution is 0.723. The lowest BCUT2D eigenvalue weighted by Gasteiger charge is -2.31. The maximum Gasteiger partial charge on any atom is 0.0540 e. The summed E-state index contributed by atoms with van der Waals surface area (Å²) in [7, 11) is 0. The van der Waals surface area contributed by atoms with Crippen molar-refractivity contribution in [1.29, 1.82) is 0 Å². The fourth-order valence-electron chi connectivity index (χ4n) is 11.7. The molecule has 0 atom stereocenters. The first-order valence-electron chi connectivity index (χ1n) is 24.4. The lowest BCUT2D eigenvalue weighted by atomic mass is 9.91. The van der Waals surface area contributed by atoms with E-state index < -0.39 is 0 Å². The number of anilines is 6. The van der Waals surface area contributed by atoms with Gasteiger partial charge >= 0.3 is 0 Å². The van der Waals surface area contributed by atoms with Crippen molar-refractivity contribution in [3.05, 3.63) is 216 Å². The SMILES string of the molecule is Cc1ccc(-c2ccccc2)cc1N(c1cccc(C2CCCC2)c1)c1ccc2ccc3c(N(c4cccc(C5CCCC5)c4)c4cc(-c5ccccc5)ccc4C)ccc4ccc1c2c43. The summed E-state index contributed by atoms with van der Waals surface area (Å²) in [4.78, 5) is 5.12. The van der Waals surface area contributed by atoms with Gasteiger partial charge in [0.15, 0.2) is 0 Å². The standard InChI is InChI=1S/C64H56N2/c1-43-27-29-53(47-15-5-3-6-16-47)41-61(43)65(55-25-13-23-51(39-55)45-19-9-10-20-45)59-37-33-49-32-36-58-60(38-34-50-31-35-57(59)63(49)64(50)58)66(56-26-14-24-52(40-56)46-21-11-12-22-46)62-42-54(30-28-44(62)2)48-17-7-4-8-18-48/h3-8,13-18,23-42,45-46H,9-12,19-22H2,1-2H3. The molecule has 0 N–H and O–H groups in total. The number of nitrogens with zero attached hydrogens (tertiary/aromatic N) is 2. The first-order chi connectivity index (χ1) is 32.6. The van der Waals surface area contributed by atoms with Crippen molar-refractivity contribution in [2.45, 2.75) is 77.0 Å². The second-order valence-corrected chi connectivity index (χ2v) is 19.1. The summed E-state index contributed by atoms with van der Waals surface area (Å²) in [5, 5.41) is 7.66. The molecule has 2 heteroatoms. The van der Waals surface area contributed by atoms with Crippen LogP contribution in [0.5, 0.6) is 0 Å². The van der Waals surface area contributed by atoms with Gasteiger partial charge in [-0.05, 0) is 166 Å². The Bertz CT molecular complexity index is 3130. The Kier molecular flexibility index (Phi) is 10.4. The maximum atomic E-state index is 2.56. The Morgan fingerprint density at radius 2 is 0.742 bits per heavy atom. The molecule has 2 aliphatic carbocycles. The lowest BCUT2D eigenvalue weighted by Crippen LogP contribution is -2.13. The second kappa shape index (κ2) is 17.0. The maximum absolute atomic E-state index is 2.56. The van der Waals surface area contributed by atoms with Gasteiger partial charge in [-0.3, -0.25) is 0 Å². The van der Waals surface area contributed by atoms with Crippen LogP contribution >= 0.6 is 0 Å². The van der Waals surface area contributed by atoms with E-state index in [9.17, 15) is 0 Å². The average Bonchev–Trinajstić information content (AvgIpc) is 4.13. The van der Waals surface area contributed by atoms with Crippen LogP contribution in [0.2, 0.25) is 0 Å². The highest BCUT2D eigenvalue weighted by molar-refractivity contribution is 6.28. The van der Waals surface area contributed by atoms with Gasteiger partial charge in [0.05, 0.1) is 11.4 Å². The summed E-state index contributed by atoms with van der Waals surface area (Å²) in [5.41, 5.74) is 17.5. The van der Waals surface area contributed by atoms with Crippen molar-refractivity contribution in [3.8, 4) is 22.3 Å². The van der Waals surface area contributed by atoms with E-state index in [0.717, 1.165) is 0 Å². The molecule has 10 aromatic carbocycles. The van der Waals surface area contributed by atoms with Gasteiger partial charge in [-0.15, -0.1) is 0 Å². The minimum Gasteiger partial charge on any atom is -0.310 e. The molecule has 2 aliphatic rings. The van der Waals surface area contributed by atoms with Crippen LogP contribution in [0.3, 0.4) is 0 Å². The molecular weight excluding hydrogens is 797 g/mol. The van der Waals surface area contributed by atoms with E-state index in [4.69, 9.17) is 0 Å². The summed E-state index contributed by atoms with van der Waals surface area (Å²) in [6.07, 6.45) is 10.3. The predicted octanol–water partition coefficient (Wildman–Crippen LogP) is 18.8. The van der Waals surface area contributed by atoms with E-state index in [1.54, 1.807) is 0 Å². The van der Waals surface area contributed by atoms with E-state index in [2.05, 4.69) is 218 Å². The van der Waals surface area contributed by atoms with E-state index in [1.165, 1.54) is 162 Å². The van der Waals surface area contributed by atoms with Crippen LogP contribution in [0.25, 0.3) is 54.6 Å². The molecule has 0 heterocycles. The molecule has 12 rings (SSSR count). The van der Waals surface area contributed by atoms with Crippen molar-refractivity contribution in [2.24, 2.45) is 0 Å². The van der Waals surface area contributed by atoms with Crippen molar-refractivity contribution in [3.63, 3.8) is 0 Å². The van der Waals surface area contributed by atoms with Gasteiger partial charge in [-0.1, -0.05) is 171 Å². The molecule has 66 heavy (non-hydrogen) atoms. The molecular formula is C64H56N2. The normalized spacial score (nSPS) is 14.5. The first kappa shape index (κ1) is 40.4. The third kappa shape index (κ3) is 7.20. The van der Waals surface area contributed by atoms with Crippen LogP contribution in [0.15, 0.2) is 194 Å². The topological polar surface area (TPSA) is 6.48 Å². The minimum absolute atomic E-state index is 0.613. The third-order valence-electron chi connectivity index (χ3n) is 15.1. The zero-order valence-corrected chi connectivity index (χ0v) is 38.2. The number of hydrogen-bond donors (Lipinski definition) is 0. The quantitative estimate of drug-likeness (QED) is 0.127. The molecule has 0 aliphatic heterocycles. The minimum atomic E-state index is 0.613. The van der Waals surface area contributed by atoms with Gasteiger partial charge in [-0.25, -0.2) is 0 Å². The molecule has 0 spiro atoms. The summed E-state index contributed by atoms with van der Waals surface area (Å²) in [6.45, 7) is 4.54. The zero-order chi connectivity index (χ0) is 44.1. The Hall–Kier alpha value is -7.16. The summed E-state index contributed by atoms with van der Waals surface area (Å²) in [5.74, 6) is 1.23. The van der Waals surface area contributed by atoms with Crippen molar-refractivity contribution >= 4 is 66.4 Å². The Morgan fingerprint density at radius 3 is 1.17 bits per heavy atom. The average molecular weight is 853 g/mol. The smallest absolute Gasteiger partial charge is 0.0540 e. The van der Waals surface area contributed by atoms with Crippen LogP contribution in [-0.2, 0) is 0 Å². The molecule has 0 amide bonds. The molecule has 0 unspecified atom stereocenters. The first-order valence-corrected chi connectivity index (χ1v) is 24.4. The summed E-state index contributed by atoms with van der Waals surface area (Å²) in [6, 6.07) is 73.6. The van der Waals surface area contributed by atoms with E-state index >= 15 is 0 Å². The van der Waals surface area contributed by atoms with Crippen LogP contribution in [0.4, 0.5) is 34.1 Å². The fourth-order valence-corrected chi connectivity index (χ4v) is 11.7. The highest BCUT2D eigenvalue weighted by Crippen LogP contribution is 2.50. The van der Waals surface area contributed by atoms with Gasteiger partial charge < -0.3 is 9.80 Å². The molecule has 0 radical (unpaired) electrons. The highest BCUT2D eigenvalue weighted by Gasteiger charge is 2.26. The number of benzene rings is 10. The molecule has 2 nitrogen and oxygen atoms in total. The number of hydrogen-bond acceptors (Lipinski definition) is 2. The summed E-state index contributed by atoms with van der Waals surface area (Å²) < 4.78 is 0. The summed E-state index contributed by atoms with van der Waals surface area (Å²) >= 11 is 0. The van der Waals surface area contributed by atoms with Gasteiger partial charge in [0, 0.05) is 33.5 Å². The monoisotopic (exact) mass is 852 g/mol. The molecule has 0 saturated heterocycles. The van der Waals surface area contributed by atoms with Gasteiger partial charge in [0.1, 0.15) is 0 Å². The number of rotatable bonds is 10. The Morgan fingerprint density at radius 1 is 0.333 bits per heavy atom. The Balaban J connectivity index is 1.09. The van der Waals surface area contributed by atoms with Crippen LogP contribution in [0.1, 0.15) is 85.5 Å². The van der Waals surface area contributed by atoms with Gasteiger partial charge in [0.2, 0.25) is 0 Å². The largest absolute Gasteiger partial charge is 0.310 e. The molecule has 0 bridgehead atoms. The molecule has 2 fully saturated rings.